The molecule has 130 valence electrons. The van der Waals surface area contributed by atoms with E-state index in [1.165, 1.54) is 5.56 Å². The Balaban J connectivity index is 1.38. The number of aromatic nitrogens is 2. The number of aryl methyl sites for hydroxylation is 1. The van der Waals surface area contributed by atoms with E-state index < -0.39 is 0 Å². The molecule has 25 heavy (non-hydrogen) atoms. The molecule has 1 amide bonds. The molecular weight excluding hydrogens is 334 g/mol. The summed E-state index contributed by atoms with van der Waals surface area (Å²) >= 11 is 1.58. The van der Waals surface area contributed by atoms with Crippen LogP contribution in [0.1, 0.15) is 37.1 Å². The number of carbonyl (C=O) groups excluding carboxylic acids is 1. The van der Waals surface area contributed by atoms with Gasteiger partial charge in [0.25, 0.3) is 0 Å². The van der Waals surface area contributed by atoms with Crippen LogP contribution in [0.2, 0.25) is 0 Å². The van der Waals surface area contributed by atoms with Crippen LogP contribution >= 0.6 is 11.3 Å². The Hall–Kier alpha value is -2.47. The van der Waals surface area contributed by atoms with Gasteiger partial charge in [0.05, 0.1) is 4.88 Å². The van der Waals surface area contributed by atoms with Crippen LogP contribution in [0.5, 0.6) is 0 Å². The van der Waals surface area contributed by atoms with E-state index in [1.807, 2.05) is 35.7 Å². The van der Waals surface area contributed by atoms with Crippen molar-refractivity contribution in [3.05, 3.63) is 59.3 Å². The summed E-state index contributed by atoms with van der Waals surface area (Å²) in [6.07, 6.45) is 1.76. The lowest BCUT2D eigenvalue weighted by atomic mass is 10.0. The maximum atomic E-state index is 12.0. The van der Waals surface area contributed by atoms with Crippen LogP contribution in [-0.2, 0) is 11.2 Å². The fraction of sp³-hybridized carbons (Fsp3) is 0.316. The molecule has 1 N–H and O–H groups in total. The Morgan fingerprint density at radius 2 is 2.08 bits per heavy atom. The Morgan fingerprint density at radius 1 is 1.24 bits per heavy atom. The quantitative estimate of drug-likeness (QED) is 0.662. The number of thiophene rings is 1. The predicted octanol–water partition coefficient (Wildman–Crippen LogP) is 4.04. The van der Waals surface area contributed by atoms with Gasteiger partial charge in [-0.2, -0.15) is 4.98 Å². The first kappa shape index (κ1) is 17.4. The zero-order valence-corrected chi connectivity index (χ0v) is 15.0. The first-order valence-corrected chi connectivity index (χ1v) is 9.28. The number of hydrogen-bond acceptors (Lipinski definition) is 5. The zero-order chi connectivity index (χ0) is 17.5. The molecule has 0 aliphatic carbocycles. The number of benzene rings is 1. The van der Waals surface area contributed by atoms with Gasteiger partial charge in [-0.05, 0) is 29.3 Å². The van der Waals surface area contributed by atoms with E-state index in [4.69, 9.17) is 4.52 Å². The van der Waals surface area contributed by atoms with E-state index in [9.17, 15) is 4.79 Å². The Morgan fingerprint density at radius 3 is 2.84 bits per heavy atom. The summed E-state index contributed by atoms with van der Waals surface area (Å²) in [6, 6.07) is 14.1. The van der Waals surface area contributed by atoms with Gasteiger partial charge in [-0.25, -0.2) is 0 Å². The van der Waals surface area contributed by atoms with Crippen molar-refractivity contribution in [1.29, 1.82) is 0 Å². The molecular formula is C19H21N3O2S. The SMILES string of the molecule is CC(CNC(=O)CCCc1nc(-c2cccs2)no1)c1ccccc1. The third-order valence-electron chi connectivity index (χ3n) is 3.98. The molecule has 0 aliphatic heterocycles. The van der Waals surface area contributed by atoms with Crippen LogP contribution < -0.4 is 5.32 Å². The van der Waals surface area contributed by atoms with E-state index in [0.717, 1.165) is 4.88 Å². The lowest BCUT2D eigenvalue weighted by Gasteiger charge is -2.12. The summed E-state index contributed by atoms with van der Waals surface area (Å²) in [5.41, 5.74) is 1.23. The molecule has 0 fully saturated rings. The zero-order valence-electron chi connectivity index (χ0n) is 14.1. The molecule has 0 saturated carbocycles. The molecule has 0 spiro atoms. The van der Waals surface area contributed by atoms with Crippen LogP contribution in [0.3, 0.4) is 0 Å². The molecule has 1 aromatic carbocycles. The van der Waals surface area contributed by atoms with Crippen molar-refractivity contribution in [2.75, 3.05) is 6.54 Å². The molecule has 6 heteroatoms. The van der Waals surface area contributed by atoms with Gasteiger partial charge in [0.15, 0.2) is 0 Å². The monoisotopic (exact) mass is 355 g/mol. The third-order valence-corrected chi connectivity index (χ3v) is 4.84. The van der Waals surface area contributed by atoms with E-state index in [0.29, 0.717) is 43.4 Å². The highest BCUT2D eigenvalue weighted by Crippen LogP contribution is 2.21. The summed E-state index contributed by atoms with van der Waals surface area (Å²) in [5, 5.41) is 8.94. The number of hydrogen-bond donors (Lipinski definition) is 1. The first-order chi connectivity index (χ1) is 12.2. The smallest absolute Gasteiger partial charge is 0.226 e. The van der Waals surface area contributed by atoms with Gasteiger partial charge in [0.1, 0.15) is 0 Å². The van der Waals surface area contributed by atoms with Gasteiger partial charge >= 0.3 is 0 Å². The van der Waals surface area contributed by atoms with Gasteiger partial charge in [-0.15, -0.1) is 11.3 Å². The second kappa shape index (κ2) is 8.58. The molecule has 0 aliphatic rings. The van der Waals surface area contributed by atoms with Gasteiger partial charge in [-0.1, -0.05) is 48.5 Å². The van der Waals surface area contributed by atoms with Crippen molar-refractivity contribution in [3.8, 4) is 10.7 Å². The van der Waals surface area contributed by atoms with Crippen molar-refractivity contribution < 1.29 is 9.32 Å². The average molecular weight is 355 g/mol. The van der Waals surface area contributed by atoms with E-state index in [2.05, 4.69) is 34.5 Å². The Labute approximate surface area is 151 Å². The summed E-state index contributed by atoms with van der Waals surface area (Å²) in [7, 11) is 0. The molecule has 0 saturated heterocycles. The average Bonchev–Trinajstić information content (AvgIpc) is 3.32. The molecule has 3 rings (SSSR count). The lowest BCUT2D eigenvalue weighted by Crippen LogP contribution is -2.27. The van der Waals surface area contributed by atoms with E-state index in [-0.39, 0.29) is 5.91 Å². The van der Waals surface area contributed by atoms with Gasteiger partial charge in [0.2, 0.25) is 17.6 Å². The second-order valence-corrected chi connectivity index (χ2v) is 6.91. The van der Waals surface area contributed by atoms with Crippen LogP contribution in [0.15, 0.2) is 52.4 Å². The molecule has 3 aromatic rings. The second-order valence-electron chi connectivity index (χ2n) is 5.96. The molecule has 1 atom stereocenters. The van der Waals surface area contributed by atoms with E-state index >= 15 is 0 Å². The molecule has 0 bridgehead atoms. The number of rotatable bonds is 8. The number of nitrogens with one attached hydrogen (secondary N) is 1. The normalized spacial score (nSPS) is 12.0. The maximum absolute atomic E-state index is 12.0. The van der Waals surface area contributed by atoms with Crippen LogP contribution in [-0.4, -0.2) is 22.6 Å². The van der Waals surface area contributed by atoms with Crippen LogP contribution in [0.4, 0.5) is 0 Å². The van der Waals surface area contributed by atoms with E-state index in [1.54, 1.807) is 11.3 Å². The molecule has 2 heterocycles. The summed E-state index contributed by atoms with van der Waals surface area (Å²) in [5.74, 6) is 1.55. The minimum Gasteiger partial charge on any atom is -0.356 e. The fourth-order valence-electron chi connectivity index (χ4n) is 2.52. The standard InChI is InChI=1S/C19H21N3O2S/c1-14(15-7-3-2-4-8-15)13-20-17(23)10-5-11-18-21-19(22-24-18)16-9-6-12-25-16/h2-4,6-9,12,14H,5,10-11,13H2,1H3,(H,20,23). The van der Waals surface area contributed by atoms with Gasteiger partial charge in [0, 0.05) is 19.4 Å². The van der Waals surface area contributed by atoms with Gasteiger partial charge in [-0.3, -0.25) is 4.79 Å². The van der Waals surface area contributed by atoms with Crippen LogP contribution in [0.25, 0.3) is 10.7 Å². The van der Waals surface area contributed by atoms with Crippen molar-refractivity contribution >= 4 is 17.2 Å². The fourth-order valence-corrected chi connectivity index (χ4v) is 3.17. The number of amides is 1. The summed E-state index contributed by atoms with van der Waals surface area (Å²) < 4.78 is 5.24. The van der Waals surface area contributed by atoms with Gasteiger partial charge < -0.3 is 9.84 Å². The van der Waals surface area contributed by atoms with Crippen molar-refractivity contribution in [3.63, 3.8) is 0 Å². The van der Waals surface area contributed by atoms with Crippen LogP contribution in [0, 0.1) is 0 Å². The summed E-state index contributed by atoms with van der Waals surface area (Å²) in [4.78, 5) is 17.3. The number of nitrogens with zero attached hydrogens (tertiary/aromatic N) is 2. The minimum atomic E-state index is 0.0563. The topological polar surface area (TPSA) is 68.0 Å². The Kier molecular flexibility index (Phi) is 5.95. The molecule has 5 nitrogen and oxygen atoms in total. The maximum Gasteiger partial charge on any atom is 0.226 e. The van der Waals surface area contributed by atoms with Crippen molar-refractivity contribution in [2.45, 2.75) is 32.1 Å². The molecule has 2 aromatic heterocycles. The highest BCUT2D eigenvalue weighted by atomic mass is 32.1. The number of carbonyl (C=O) groups is 1. The molecule has 0 radical (unpaired) electrons. The molecule has 1 unspecified atom stereocenters. The first-order valence-electron chi connectivity index (χ1n) is 8.40. The lowest BCUT2D eigenvalue weighted by molar-refractivity contribution is -0.121. The third kappa shape index (κ3) is 5.00. The predicted molar refractivity (Wildman–Crippen MR) is 98.4 cm³/mol. The minimum absolute atomic E-state index is 0.0563. The highest BCUT2D eigenvalue weighted by molar-refractivity contribution is 7.13. The summed E-state index contributed by atoms with van der Waals surface area (Å²) in [6.45, 7) is 2.76. The Bertz CT molecular complexity index is 784. The van der Waals surface area contributed by atoms with Crippen molar-refractivity contribution in [2.24, 2.45) is 0 Å². The van der Waals surface area contributed by atoms with Crippen molar-refractivity contribution in [1.82, 2.24) is 15.5 Å². The highest BCUT2D eigenvalue weighted by Gasteiger charge is 2.11. The largest absolute Gasteiger partial charge is 0.356 e.